The molecule has 0 aromatic heterocycles. The number of carbonyl (C=O) groups excluding carboxylic acids is 1. The summed E-state index contributed by atoms with van der Waals surface area (Å²) >= 11 is 0. The summed E-state index contributed by atoms with van der Waals surface area (Å²) in [5.41, 5.74) is 0.388. The molecular weight excluding hydrogens is 245 g/mol. The summed E-state index contributed by atoms with van der Waals surface area (Å²) in [6.45, 7) is 1.45. The molecule has 1 heterocycles. The van der Waals surface area contributed by atoms with Gasteiger partial charge in [0.05, 0.1) is 4.90 Å². The van der Waals surface area contributed by atoms with E-state index in [2.05, 4.69) is 0 Å². The highest BCUT2D eigenvalue weighted by molar-refractivity contribution is 7.86. The number of carbonyl (C=O) groups is 1. The predicted molar refractivity (Wildman–Crippen MR) is 59.9 cm³/mol. The van der Waals surface area contributed by atoms with Gasteiger partial charge in [-0.2, -0.15) is 8.42 Å². The fraction of sp³-hybridized carbons (Fsp3) is 0.364. The van der Waals surface area contributed by atoms with E-state index in [0.717, 1.165) is 38.1 Å². The van der Waals surface area contributed by atoms with Crippen molar-refractivity contribution in [2.45, 2.75) is 17.7 Å². The Labute approximate surface area is 99.3 Å². The van der Waals surface area contributed by atoms with E-state index in [0.29, 0.717) is 5.56 Å². The maximum atomic E-state index is 12.6. The van der Waals surface area contributed by atoms with E-state index in [-0.39, 0.29) is 5.91 Å². The molecular formula is C11H12FNO3S. The van der Waals surface area contributed by atoms with E-state index in [1.165, 1.54) is 12.1 Å². The van der Waals surface area contributed by atoms with E-state index in [1.807, 2.05) is 0 Å². The highest BCUT2D eigenvalue weighted by Gasteiger charge is 2.20. The number of rotatable bonds is 2. The van der Waals surface area contributed by atoms with Crippen LogP contribution >= 0.6 is 0 Å². The first-order valence-corrected chi connectivity index (χ1v) is 6.71. The molecule has 0 bridgehead atoms. The zero-order valence-electron chi connectivity index (χ0n) is 9.10. The molecule has 1 aromatic rings. The third-order valence-corrected chi connectivity index (χ3v) is 3.61. The number of nitrogens with zero attached hydrogens (tertiary/aromatic N) is 1. The number of hydrogen-bond donors (Lipinski definition) is 0. The third-order valence-electron chi connectivity index (χ3n) is 2.78. The Hall–Kier alpha value is -1.43. The van der Waals surface area contributed by atoms with Crippen molar-refractivity contribution in [1.82, 2.24) is 4.90 Å². The van der Waals surface area contributed by atoms with Gasteiger partial charge in [-0.25, -0.2) is 0 Å². The lowest BCUT2D eigenvalue weighted by Gasteiger charge is -2.14. The largest absolute Gasteiger partial charge is 0.339 e. The molecule has 1 amide bonds. The van der Waals surface area contributed by atoms with Gasteiger partial charge in [-0.15, -0.1) is 3.89 Å². The molecule has 1 saturated heterocycles. The van der Waals surface area contributed by atoms with Gasteiger partial charge in [0.15, 0.2) is 0 Å². The van der Waals surface area contributed by atoms with Gasteiger partial charge in [-0.3, -0.25) is 4.79 Å². The Morgan fingerprint density at radius 3 is 2.12 bits per heavy atom. The third kappa shape index (κ3) is 2.63. The van der Waals surface area contributed by atoms with Gasteiger partial charge in [0.25, 0.3) is 5.91 Å². The minimum Gasteiger partial charge on any atom is -0.339 e. The van der Waals surface area contributed by atoms with E-state index >= 15 is 0 Å². The van der Waals surface area contributed by atoms with Crippen molar-refractivity contribution in [2.24, 2.45) is 0 Å². The maximum absolute atomic E-state index is 12.6. The minimum absolute atomic E-state index is 0.134. The van der Waals surface area contributed by atoms with Crippen molar-refractivity contribution in [1.29, 1.82) is 0 Å². The molecule has 1 fully saturated rings. The Kier molecular flexibility index (Phi) is 3.15. The fourth-order valence-corrected chi connectivity index (χ4v) is 2.32. The summed E-state index contributed by atoms with van der Waals surface area (Å²) < 4.78 is 33.8. The van der Waals surface area contributed by atoms with E-state index < -0.39 is 15.1 Å². The number of likely N-dealkylation sites (tertiary alicyclic amines) is 1. The number of halogens is 1. The molecule has 0 saturated carbocycles. The van der Waals surface area contributed by atoms with E-state index in [4.69, 9.17) is 0 Å². The fourth-order valence-electron chi connectivity index (χ4n) is 1.86. The van der Waals surface area contributed by atoms with Crippen molar-refractivity contribution in [3.8, 4) is 0 Å². The monoisotopic (exact) mass is 257 g/mol. The normalized spacial score (nSPS) is 16.2. The van der Waals surface area contributed by atoms with Gasteiger partial charge in [-0.05, 0) is 37.1 Å². The summed E-state index contributed by atoms with van der Waals surface area (Å²) in [6, 6.07) is 4.90. The minimum atomic E-state index is -4.69. The van der Waals surface area contributed by atoms with Crippen molar-refractivity contribution < 1.29 is 17.1 Å². The highest BCUT2D eigenvalue weighted by Crippen LogP contribution is 2.16. The molecule has 1 aromatic carbocycles. The number of benzene rings is 1. The predicted octanol–water partition coefficient (Wildman–Crippen LogP) is 1.58. The smallest absolute Gasteiger partial charge is 0.332 e. The molecule has 0 aliphatic carbocycles. The van der Waals surface area contributed by atoms with Crippen molar-refractivity contribution in [2.75, 3.05) is 13.1 Å². The molecule has 0 atom stereocenters. The average molecular weight is 257 g/mol. The standard InChI is InChI=1S/C11H12FNO3S/c12-17(15,16)10-5-3-9(4-6-10)11(14)13-7-1-2-8-13/h3-6H,1-2,7-8H2. The molecule has 0 radical (unpaired) electrons. The van der Waals surface area contributed by atoms with Crippen molar-refractivity contribution in [3.05, 3.63) is 29.8 Å². The quantitative estimate of drug-likeness (QED) is 0.756. The molecule has 2 rings (SSSR count). The molecule has 4 nitrogen and oxygen atoms in total. The van der Waals surface area contributed by atoms with Gasteiger partial charge in [0.2, 0.25) is 0 Å². The van der Waals surface area contributed by atoms with Gasteiger partial charge in [-0.1, -0.05) is 0 Å². The molecule has 0 spiro atoms. The lowest BCUT2D eigenvalue weighted by atomic mass is 10.2. The summed E-state index contributed by atoms with van der Waals surface area (Å²) in [6.07, 6.45) is 1.98. The average Bonchev–Trinajstić information content (AvgIpc) is 2.80. The zero-order valence-corrected chi connectivity index (χ0v) is 9.91. The Morgan fingerprint density at radius 2 is 1.65 bits per heavy atom. The second-order valence-electron chi connectivity index (χ2n) is 3.96. The van der Waals surface area contributed by atoms with Gasteiger partial charge < -0.3 is 4.90 Å². The van der Waals surface area contributed by atoms with Crippen LogP contribution in [-0.2, 0) is 10.2 Å². The van der Waals surface area contributed by atoms with Crippen LogP contribution in [0.5, 0.6) is 0 Å². The SMILES string of the molecule is O=C(c1ccc(S(=O)(=O)F)cc1)N1CCCC1. The first kappa shape index (κ1) is 12.0. The second kappa shape index (κ2) is 4.44. The molecule has 6 heteroatoms. The van der Waals surface area contributed by atoms with Crippen LogP contribution in [0.3, 0.4) is 0 Å². The van der Waals surface area contributed by atoms with Crippen LogP contribution in [-0.4, -0.2) is 32.3 Å². The molecule has 17 heavy (non-hydrogen) atoms. The first-order chi connectivity index (χ1) is 7.98. The molecule has 0 N–H and O–H groups in total. The topological polar surface area (TPSA) is 54.5 Å². The second-order valence-corrected chi connectivity index (χ2v) is 5.31. The van der Waals surface area contributed by atoms with Crippen LogP contribution in [0, 0.1) is 0 Å². The van der Waals surface area contributed by atoms with E-state index in [9.17, 15) is 17.1 Å². The van der Waals surface area contributed by atoms with Gasteiger partial charge in [0.1, 0.15) is 0 Å². The lowest BCUT2D eigenvalue weighted by Crippen LogP contribution is -2.27. The zero-order chi connectivity index (χ0) is 12.5. The number of amides is 1. The van der Waals surface area contributed by atoms with Crippen LogP contribution in [0.15, 0.2) is 29.2 Å². The lowest BCUT2D eigenvalue weighted by molar-refractivity contribution is 0.0792. The molecule has 0 unspecified atom stereocenters. The van der Waals surface area contributed by atoms with Gasteiger partial charge in [0, 0.05) is 18.7 Å². The number of hydrogen-bond acceptors (Lipinski definition) is 3. The summed E-state index contributed by atoms with van der Waals surface area (Å²) in [4.78, 5) is 13.2. The van der Waals surface area contributed by atoms with E-state index in [1.54, 1.807) is 4.90 Å². The van der Waals surface area contributed by atoms with Crippen LogP contribution in [0.25, 0.3) is 0 Å². The van der Waals surface area contributed by atoms with Crippen molar-refractivity contribution >= 4 is 16.1 Å². The summed E-state index contributed by atoms with van der Waals surface area (Å²) in [5.74, 6) is -0.134. The first-order valence-electron chi connectivity index (χ1n) is 5.32. The van der Waals surface area contributed by atoms with Crippen LogP contribution in [0.4, 0.5) is 3.89 Å². The molecule has 1 aliphatic heterocycles. The van der Waals surface area contributed by atoms with Crippen LogP contribution in [0.2, 0.25) is 0 Å². The molecule has 1 aliphatic rings. The van der Waals surface area contributed by atoms with Crippen molar-refractivity contribution in [3.63, 3.8) is 0 Å². The van der Waals surface area contributed by atoms with Crippen LogP contribution in [0.1, 0.15) is 23.2 Å². The molecule has 92 valence electrons. The van der Waals surface area contributed by atoms with Crippen LogP contribution < -0.4 is 0 Å². The maximum Gasteiger partial charge on any atom is 0.332 e. The Balaban J connectivity index is 2.20. The Bertz CT molecular complexity index is 518. The summed E-state index contributed by atoms with van der Waals surface area (Å²) in [5, 5.41) is 0. The Morgan fingerprint density at radius 1 is 1.12 bits per heavy atom. The van der Waals surface area contributed by atoms with Gasteiger partial charge >= 0.3 is 10.2 Å². The summed E-state index contributed by atoms with van der Waals surface area (Å²) in [7, 11) is -4.69. The highest BCUT2D eigenvalue weighted by atomic mass is 32.3.